The van der Waals surface area contributed by atoms with Crippen LogP contribution in [0.2, 0.25) is 0 Å². The molecule has 0 aromatic rings. The van der Waals surface area contributed by atoms with Crippen molar-refractivity contribution in [2.75, 3.05) is 5.75 Å². The summed E-state index contributed by atoms with van der Waals surface area (Å²) in [6, 6.07) is 0. The Morgan fingerprint density at radius 3 is 2.59 bits per heavy atom. The molecule has 0 amide bonds. The van der Waals surface area contributed by atoms with Crippen molar-refractivity contribution in [3.63, 3.8) is 0 Å². The van der Waals surface area contributed by atoms with Crippen LogP contribution in [0.25, 0.3) is 0 Å². The SMILES string of the molecule is CC1(C)OC=C([C@H]2SC[C@H]3OC(C)(C)O[C@@H]23)O1. The van der Waals surface area contributed by atoms with Gasteiger partial charge in [0.2, 0.25) is 5.79 Å². The van der Waals surface area contributed by atoms with Crippen LogP contribution in [0, 0.1) is 0 Å². The average molecular weight is 258 g/mol. The molecule has 2 fully saturated rings. The van der Waals surface area contributed by atoms with E-state index >= 15 is 0 Å². The van der Waals surface area contributed by atoms with Gasteiger partial charge in [-0.3, -0.25) is 0 Å². The molecule has 0 spiro atoms. The van der Waals surface area contributed by atoms with Gasteiger partial charge in [0.25, 0.3) is 0 Å². The summed E-state index contributed by atoms with van der Waals surface area (Å²) in [5.41, 5.74) is 0. The van der Waals surface area contributed by atoms with Crippen molar-refractivity contribution in [3.05, 3.63) is 12.0 Å². The molecule has 0 saturated carbocycles. The summed E-state index contributed by atoms with van der Waals surface area (Å²) in [6.45, 7) is 7.72. The highest BCUT2D eigenvalue weighted by Crippen LogP contribution is 2.46. The Bertz CT molecular complexity index is 364. The second-order valence-electron chi connectivity index (χ2n) is 5.53. The maximum absolute atomic E-state index is 5.95. The van der Waals surface area contributed by atoms with E-state index in [0.717, 1.165) is 11.5 Å². The van der Waals surface area contributed by atoms with Crippen molar-refractivity contribution in [1.82, 2.24) is 0 Å². The third-order valence-electron chi connectivity index (χ3n) is 3.06. The third-order valence-corrected chi connectivity index (χ3v) is 4.44. The molecule has 3 rings (SSSR count). The fraction of sp³-hybridized carbons (Fsp3) is 0.833. The summed E-state index contributed by atoms with van der Waals surface area (Å²) in [6.07, 6.45) is 1.95. The van der Waals surface area contributed by atoms with E-state index in [-0.39, 0.29) is 17.5 Å². The van der Waals surface area contributed by atoms with Gasteiger partial charge in [-0.1, -0.05) is 0 Å². The number of hydrogen-bond acceptors (Lipinski definition) is 5. The molecule has 0 aromatic heterocycles. The summed E-state index contributed by atoms with van der Waals surface area (Å²) in [5, 5.41) is 0.184. The summed E-state index contributed by atoms with van der Waals surface area (Å²) in [7, 11) is 0. The summed E-state index contributed by atoms with van der Waals surface area (Å²) >= 11 is 1.81. The smallest absolute Gasteiger partial charge is 0.244 e. The molecule has 4 nitrogen and oxygen atoms in total. The first-order chi connectivity index (χ1) is 7.86. The van der Waals surface area contributed by atoms with Gasteiger partial charge >= 0.3 is 0 Å². The molecule has 0 aliphatic carbocycles. The molecular weight excluding hydrogens is 240 g/mol. The molecule has 0 bridgehead atoms. The lowest BCUT2D eigenvalue weighted by molar-refractivity contribution is -0.147. The predicted molar refractivity (Wildman–Crippen MR) is 64.4 cm³/mol. The first-order valence-electron chi connectivity index (χ1n) is 5.90. The van der Waals surface area contributed by atoms with Crippen LogP contribution in [0.1, 0.15) is 27.7 Å². The number of ether oxygens (including phenoxy) is 4. The molecule has 3 aliphatic rings. The molecule has 0 radical (unpaired) electrons. The first-order valence-corrected chi connectivity index (χ1v) is 6.95. The van der Waals surface area contributed by atoms with Crippen molar-refractivity contribution >= 4 is 11.8 Å². The van der Waals surface area contributed by atoms with Gasteiger partial charge in [0.15, 0.2) is 11.5 Å². The van der Waals surface area contributed by atoms with E-state index in [4.69, 9.17) is 18.9 Å². The van der Waals surface area contributed by atoms with Gasteiger partial charge in [-0.25, -0.2) is 0 Å². The quantitative estimate of drug-likeness (QED) is 0.721. The second kappa shape index (κ2) is 3.56. The Morgan fingerprint density at radius 2 is 1.94 bits per heavy atom. The van der Waals surface area contributed by atoms with Gasteiger partial charge in [-0.05, 0) is 13.8 Å². The fourth-order valence-corrected chi connectivity index (χ4v) is 3.79. The Kier molecular flexibility index (Phi) is 2.44. The van der Waals surface area contributed by atoms with E-state index in [9.17, 15) is 0 Å². The fourth-order valence-electron chi connectivity index (χ4n) is 2.44. The summed E-state index contributed by atoms with van der Waals surface area (Å²) < 4.78 is 23.1. The van der Waals surface area contributed by atoms with Crippen LogP contribution in [-0.2, 0) is 18.9 Å². The predicted octanol–water partition coefficient (Wildman–Crippen LogP) is 2.25. The van der Waals surface area contributed by atoms with Crippen LogP contribution < -0.4 is 0 Å². The second-order valence-corrected chi connectivity index (χ2v) is 6.71. The monoisotopic (exact) mass is 258 g/mol. The van der Waals surface area contributed by atoms with E-state index in [0.29, 0.717) is 0 Å². The lowest BCUT2D eigenvalue weighted by Gasteiger charge is -2.23. The number of hydrogen-bond donors (Lipinski definition) is 0. The van der Waals surface area contributed by atoms with Crippen molar-refractivity contribution in [2.45, 2.75) is 56.7 Å². The highest BCUT2D eigenvalue weighted by molar-refractivity contribution is 8.00. The normalized spacial score (nSPS) is 41.6. The maximum atomic E-state index is 5.95. The molecule has 0 N–H and O–H groups in total. The van der Waals surface area contributed by atoms with E-state index in [1.807, 2.05) is 39.5 Å². The zero-order chi connectivity index (χ0) is 12.3. The van der Waals surface area contributed by atoms with Crippen molar-refractivity contribution in [2.24, 2.45) is 0 Å². The number of rotatable bonds is 1. The van der Waals surface area contributed by atoms with Gasteiger partial charge in [-0.2, -0.15) is 0 Å². The van der Waals surface area contributed by atoms with E-state index in [1.165, 1.54) is 0 Å². The highest BCUT2D eigenvalue weighted by Gasteiger charge is 2.52. The highest BCUT2D eigenvalue weighted by atomic mass is 32.2. The topological polar surface area (TPSA) is 36.9 Å². The van der Waals surface area contributed by atoms with Crippen molar-refractivity contribution in [3.8, 4) is 0 Å². The minimum atomic E-state index is -0.553. The van der Waals surface area contributed by atoms with Gasteiger partial charge in [-0.15, -0.1) is 11.8 Å². The van der Waals surface area contributed by atoms with Gasteiger partial charge in [0, 0.05) is 19.6 Å². The Hall–Kier alpha value is -0.390. The lowest BCUT2D eigenvalue weighted by atomic mass is 10.1. The van der Waals surface area contributed by atoms with Crippen LogP contribution in [0.3, 0.4) is 0 Å². The minimum Gasteiger partial charge on any atom is -0.457 e. The van der Waals surface area contributed by atoms with Gasteiger partial charge < -0.3 is 18.9 Å². The Morgan fingerprint density at radius 1 is 1.18 bits per heavy atom. The first kappa shape index (κ1) is 11.7. The molecule has 0 aromatic carbocycles. The molecule has 3 atom stereocenters. The third kappa shape index (κ3) is 2.04. The van der Waals surface area contributed by atoms with Crippen molar-refractivity contribution < 1.29 is 18.9 Å². The molecular formula is C12H18O4S. The van der Waals surface area contributed by atoms with Crippen LogP contribution >= 0.6 is 11.8 Å². The Labute approximate surface area is 106 Å². The maximum Gasteiger partial charge on any atom is 0.244 e. The summed E-state index contributed by atoms with van der Waals surface area (Å²) in [5.74, 6) is 0.779. The lowest BCUT2D eigenvalue weighted by Crippen LogP contribution is -2.31. The van der Waals surface area contributed by atoms with Crippen molar-refractivity contribution in [1.29, 1.82) is 0 Å². The molecule has 3 aliphatic heterocycles. The van der Waals surface area contributed by atoms with Crippen LogP contribution in [0.4, 0.5) is 0 Å². The van der Waals surface area contributed by atoms with E-state index in [1.54, 1.807) is 6.26 Å². The van der Waals surface area contributed by atoms with Crippen LogP contribution in [-0.4, -0.2) is 34.8 Å². The standard InChI is InChI=1S/C12H18O4S/c1-11(2)13-5-7(14-11)10-9-8(6-17-10)15-12(3,4)16-9/h5,8-10H,6H2,1-4H3/t8-,9-,10-/m1/s1. The van der Waals surface area contributed by atoms with Gasteiger partial charge in [0.05, 0.1) is 11.4 Å². The zero-order valence-corrected chi connectivity index (χ0v) is 11.4. The molecule has 2 saturated heterocycles. The number of thioether (sulfide) groups is 1. The van der Waals surface area contributed by atoms with E-state index < -0.39 is 11.6 Å². The van der Waals surface area contributed by atoms with E-state index in [2.05, 4.69) is 0 Å². The molecule has 5 heteroatoms. The molecule has 96 valence electrons. The average Bonchev–Trinajstić information content (AvgIpc) is 2.77. The zero-order valence-electron chi connectivity index (χ0n) is 10.6. The van der Waals surface area contributed by atoms with Crippen LogP contribution in [0.5, 0.6) is 0 Å². The Balaban J connectivity index is 1.74. The number of fused-ring (bicyclic) bond motifs is 1. The molecule has 3 heterocycles. The molecule has 0 unspecified atom stereocenters. The summed E-state index contributed by atoms with van der Waals surface area (Å²) in [4.78, 5) is 0. The van der Waals surface area contributed by atoms with Gasteiger partial charge in [0.1, 0.15) is 12.4 Å². The largest absolute Gasteiger partial charge is 0.457 e. The minimum absolute atomic E-state index is 0.0683. The van der Waals surface area contributed by atoms with Crippen LogP contribution in [0.15, 0.2) is 12.0 Å². The molecule has 17 heavy (non-hydrogen) atoms.